The van der Waals surface area contributed by atoms with E-state index in [1.54, 1.807) is 42.5 Å². The maximum Gasteiger partial charge on any atom is 0.287 e. The summed E-state index contributed by atoms with van der Waals surface area (Å²) in [6.45, 7) is 3.88. The van der Waals surface area contributed by atoms with E-state index in [4.69, 9.17) is 4.74 Å². The van der Waals surface area contributed by atoms with Crippen LogP contribution < -0.4 is 4.74 Å². The van der Waals surface area contributed by atoms with Crippen molar-refractivity contribution in [1.82, 2.24) is 9.55 Å². The molecule has 172 valence electrons. The zero-order valence-electron chi connectivity index (χ0n) is 18.9. The summed E-state index contributed by atoms with van der Waals surface area (Å²) in [5.41, 5.74) is 4.44. The monoisotopic (exact) mass is 465 g/mol. The third kappa shape index (κ3) is 3.91. The molecule has 0 fully saturated rings. The van der Waals surface area contributed by atoms with Gasteiger partial charge in [-0.25, -0.2) is 4.98 Å². The number of aromatic nitrogens is 2. The van der Waals surface area contributed by atoms with Crippen molar-refractivity contribution >= 4 is 23.3 Å². The van der Waals surface area contributed by atoms with Crippen molar-refractivity contribution in [2.45, 2.75) is 13.8 Å². The van der Waals surface area contributed by atoms with Gasteiger partial charge < -0.3 is 9.30 Å². The lowest BCUT2D eigenvalue weighted by atomic mass is 10.1. The number of carbonyl (C=O) groups is 2. The Morgan fingerprint density at radius 3 is 2.17 bits per heavy atom. The van der Waals surface area contributed by atoms with Gasteiger partial charge in [-0.15, -0.1) is 0 Å². The zero-order valence-corrected chi connectivity index (χ0v) is 18.9. The summed E-state index contributed by atoms with van der Waals surface area (Å²) in [6, 6.07) is 18.9. The molecule has 0 saturated heterocycles. The molecule has 8 nitrogen and oxygen atoms in total. The Morgan fingerprint density at radius 1 is 0.943 bits per heavy atom. The number of hydrogen-bond acceptors (Lipinski definition) is 6. The predicted molar refractivity (Wildman–Crippen MR) is 129 cm³/mol. The van der Waals surface area contributed by atoms with Gasteiger partial charge in [-0.3, -0.25) is 19.7 Å². The largest absolute Gasteiger partial charge is 0.439 e. The number of nitro groups is 1. The highest BCUT2D eigenvalue weighted by molar-refractivity contribution is 6.41. The molecule has 2 aromatic heterocycles. The van der Waals surface area contributed by atoms with Crippen LogP contribution in [0.2, 0.25) is 0 Å². The first-order chi connectivity index (χ1) is 16.8. The summed E-state index contributed by atoms with van der Waals surface area (Å²) < 4.78 is 7.71. The normalized spacial score (nSPS) is 12.6. The second-order valence-corrected chi connectivity index (χ2v) is 8.13. The first-order valence-electron chi connectivity index (χ1n) is 10.8. The van der Waals surface area contributed by atoms with Crippen molar-refractivity contribution in [3.63, 3.8) is 0 Å². The van der Waals surface area contributed by atoms with Gasteiger partial charge in [-0.2, -0.15) is 0 Å². The van der Waals surface area contributed by atoms with Gasteiger partial charge >= 0.3 is 0 Å². The van der Waals surface area contributed by atoms with Gasteiger partial charge in [0.05, 0.1) is 10.5 Å². The standard InChI is InChI=1S/C27H19N3O5/c1-16-13-18(14-24-26(31)22-5-3-4-6-23(22)27(24)32)17(2)29(16)19-7-10-21(11-8-19)35-25-12-9-20(15-28-25)30(33)34/h3-15H,1-2H3. The number of benzene rings is 2. The van der Waals surface area contributed by atoms with Crippen LogP contribution in [0.5, 0.6) is 11.6 Å². The molecule has 0 radical (unpaired) electrons. The molecular weight excluding hydrogens is 446 g/mol. The van der Waals surface area contributed by atoms with E-state index in [1.807, 2.05) is 36.6 Å². The van der Waals surface area contributed by atoms with Crippen LogP contribution in [0, 0.1) is 24.0 Å². The van der Waals surface area contributed by atoms with Crippen LogP contribution >= 0.6 is 0 Å². The van der Waals surface area contributed by atoms with E-state index in [2.05, 4.69) is 4.98 Å². The quantitative estimate of drug-likeness (QED) is 0.163. The van der Waals surface area contributed by atoms with E-state index < -0.39 is 4.92 Å². The first-order valence-corrected chi connectivity index (χ1v) is 10.8. The molecule has 2 aromatic carbocycles. The molecular formula is C27H19N3O5. The molecule has 0 atom stereocenters. The lowest BCUT2D eigenvalue weighted by Gasteiger charge is -2.11. The molecule has 1 aliphatic rings. The average Bonchev–Trinajstić information content (AvgIpc) is 3.27. The van der Waals surface area contributed by atoms with Crippen LogP contribution in [0.15, 0.2) is 78.5 Å². The van der Waals surface area contributed by atoms with Crippen molar-refractivity contribution in [3.05, 3.63) is 117 Å². The van der Waals surface area contributed by atoms with Gasteiger partial charge in [0, 0.05) is 40.3 Å². The average molecular weight is 465 g/mol. The second kappa shape index (κ2) is 8.49. The molecule has 8 heteroatoms. The topological polar surface area (TPSA) is 104 Å². The first kappa shape index (κ1) is 22.0. The molecule has 0 saturated carbocycles. The molecule has 0 aliphatic heterocycles. The Labute approximate surface area is 200 Å². The van der Waals surface area contributed by atoms with E-state index in [1.165, 1.54) is 12.1 Å². The highest BCUT2D eigenvalue weighted by Gasteiger charge is 2.32. The van der Waals surface area contributed by atoms with Gasteiger partial charge in [0.2, 0.25) is 5.88 Å². The van der Waals surface area contributed by atoms with Crippen LogP contribution in [0.1, 0.15) is 37.7 Å². The lowest BCUT2D eigenvalue weighted by Crippen LogP contribution is -2.01. The van der Waals surface area contributed by atoms with Crippen LogP contribution in [-0.2, 0) is 0 Å². The molecule has 0 spiro atoms. The molecule has 0 bridgehead atoms. The van der Waals surface area contributed by atoms with Crippen LogP contribution in [0.25, 0.3) is 11.8 Å². The number of carbonyl (C=O) groups excluding carboxylic acids is 2. The number of aryl methyl sites for hydroxylation is 1. The summed E-state index contributed by atoms with van der Waals surface area (Å²) in [7, 11) is 0. The molecule has 0 N–H and O–H groups in total. The lowest BCUT2D eigenvalue weighted by molar-refractivity contribution is -0.385. The second-order valence-electron chi connectivity index (χ2n) is 8.13. The SMILES string of the molecule is Cc1cc(C=C2C(=O)c3ccccc3C2=O)c(C)n1-c1ccc(Oc2ccc([N+](=O)[O-])cn2)cc1. The van der Waals surface area contributed by atoms with E-state index in [0.29, 0.717) is 16.9 Å². The number of pyridine rings is 1. The fourth-order valence-electron chi connectivity index (χ4n) is 4.21. The Morgan fingerprint density at radius 2 is 1.60 bits per heavy atom. The van der Waals surface area contributed by atoms with Gasteiger partial charge in [-0.05, 0) is 55.8 Å². The smallest absolute Gasteiger partial charge is 0.287 e. The minimum atomic E-state index is -0.519. The highest BCUT2D eigenvalue weighted by atomic mass is 16.6. The van der Waals surface area contributed by atoms with Gasteiger partial charge in [0.25, 0.3) is 5.69 Å². The number of fused-ring (bicyclic) bond motifs is 1. The highest BCUT2D eigenvalue weighted by Crippen LogP contribution is 2.30. The summed E-state index contributed by atoms with van der Waals surface area (Å²) in [4.78, 5) is 39.8. The molecule has 0 amide bonds. The number of allylic oxidation sites excluding steroid dienone is 1. The van der Waals surface area contributed by atoms with Gasteiger partial charge in [0.1, 0.15) is 11.9 Å². The molecule has 1 aliphatic carbocycles. The van der Waals surface area contributed by atoms with Crippen LogP contribution in [0.4, 0.5) is 5.69 Å². The molecule has 2 heterocycles. The third-order valence-electron chi connectivity index (χ3n) is 5.92. The van der Waals surface area contributed by atoms with E-state index in [-0.39, 0.29) is 28.7 Å². The van der Waals surface area contributed by atoms with Crippen molar-refractivity contribution in [1.29, 1.82) is 0 Å². The Balaban J connectivity index is 1.40. The van der Waals surface area contributed by atoms with Crippen LogP contribution in [-0.4, -0.2) is 26.0 Å². The van der Waals surface area contributed by atoms with E-state index in [9.17, 15) is 19.7 Å². The Bertz CT molecular complexity index is 1490. The summed E-state index contributed by atoms with van der Waals surface area (Å²) in [6.07, 6.45) is 2.81. The van der Waals surface area contributed by atoms with E-state index in [0.717, 1.165) is 28.8 Å². The van der Waals surface area contributed by atoms with Crippen molar-refractivity contribution in [2.75, 3.05) is 0 Å². The fraction of sp³-hybridized carbons (Fsp3) is 0.0741. The predicted octanol–water partition coefficient (Wildman–Crippen LogP) is 5.65. The summed E-state index contributed by atoms with van der Waals surface area (Å²) >= 11 is 0. The van der Waals surface area contributed by atoms with Crippen molar-refractivity contribution in [3.8, 4) is 17.3 Å². The maximum atomic E-state index is 12.8. The fourth-order valence-corrected chi connectivity index (χ4v) is 4.21. The third-order valence-corrected chi connectivity index (χ3v) is 5.92. The molecule has 35 heavy (non-hydrogen) atoms. The molecule has 4 aromatic rings. The van der Waals surface area contributed by atoms with Crippen molar-refractivity contribution in [2.24, 2.45) is 0 Å². The van der Waals surface area contributed by atoms with Gasteiger partial charge in [0.15, 0.2) is 11.6 Å². The van der Waals surface area contributed by atoms with Crippen LogP contribution in [0.3, 0.4) is 0 Å². The number of Topliss-reactive ketones (excluding diaryl/α,β-unsaturated/α-hetero) is 2. The zero-order chi connectivity index (χ0) is 24.7. The summed E-state index contributed by atoms with van der Waals surface area (Å²) in [5.74, 6) is 0.269. The minimum absolute atomic E-state index is 0.109. The van der Waals surface area contributed by atoms with Crippen molar-refractivity contribution < 1.29 is 19.2 Å². The van der Waals surface area contributed by atoms with E-state index >= 15 is 0 Å². The number of ether oxygens (including phenoxy) is 1. The number of hydrogen-bond donors (Lipinski definition) is 0. The molecule has 0 unspecified atom stereocenters. The summed E-state index contributed by atoms with van der Waals surface area (Å²) in [5, 5.41) is 10.8. The Hall–Kier alpha value is -4.85. The molecule has 5 rings (SSSR count). The minimum Gasteiger partial charge on any atom is -0.439 e. The number of ketones is 2. The number of rotatable bonds is 5. The maximum absolute atomic E-state index is 12.8. The Kier molecular flexibility index (Phi) is 5.33. The van der Waals surface area contributed by atoms with Gasteiger partial charge in [-0.1, -0.05) is 24.3 Å². The number of nitrogens with zero attached hydrogens (tertiary/aromatic N) is 3.